The summed E-state index contributed by atoms with van der Waals surface area (Å²) in [4.78, 5) is 24.9. The number of thiazole rings is 1. The molecule has 3 rings (SSSR count). The average molecular weight is 456 g/mol. The van der Waals surface area contributed by atoms with E-state index in [4.69, 9.17) is 9.94 Å². The number of carbonyl (C=O) groups is 1. The lowest BCUT2D eigenvalue weighted by atomic mass is 10.1. The first-order valence-corrected chi connectivity index (χ1v) is 9.16. The van der Waals surface area contributed by atoms with Crippen molar-refractivity contribution in [2.24, 2.45) is 0 Å². The van der Waals surface area contributed by atoms with Gasteiger partial charge in [0.2, 0.25) is 17.0 Å². The number of fused-ring (bicyclic) bond motifs is 3. The van der Waals surface area contributed by atoms with Crippen molar-refractivity contribution in [2.45, 2.75) is 13.2 Å². The number of carbonyl (C=O) groups excluding carboxylic acids is 1. The number of hydrogen-bond acceptors (Lipinski definition) is 8. The van der Waals surface area contributed by atoms with Crippen LogP contribution in [0.1, 0.15) is 17.3 Å². The molecule has 156 valence electrons. The van der Waals surface area contributed by atoms with Crippen LogP contribution in [0.2, 0.25) is 0 Å². The van der Waals surface area contributed by atoms with Gasteiger partial charge in [-0.05, 0) is 13.0 Å². The van der Waals surface area contributed by atoms with Crippen LogP contribution in [0.5, 0.6) is 5.75 Å². The number of pyridine rings is 1. The van der Waals surface area contributed by atoms with Crippen molar-refractivity contribution in [3.8, 4) is 5.75 Å². The molecule has 0 amide bonds. The number of hydrogen-bond donors (Lipinski definition) is 1. The van der Waals surface area contributed by atoms with Gasteiger partial charge in [-0.25, -0.2) is 9.18 Å². The fourth-order valence-electron chi connectivity index (χ4n) is 2.45. The molecule has 3 aromatic rings. The highest BCUT2D eigenvalue weighted by Crippen LogP contribution is 2.36. The zero-order valence-electron chi connectivity index (χ0n) is 14.1. The number of hydroxylamine groups is 1. The summed E-state index contributed by atoms with van der Waals surface area (Å²) in [6.07, 6.45) is -3.98. The predicted molar refractivity (Wildman–Crippen MR) is 92.8 cm³/mol. The molecule has 0 radical (unpaired) electrons. The lowest BCUT2D eigenvalue weighted by Gasteiger charge is -2.17. The van der Waals surface area contributed by atoms with Gasteiger partial charge in [-0.2, -0.15) is 17.6 Å². The Labute approximate surface area is 166 Å². The van der Waals surface area contributed by atoms with Gasteiger partial charge in [0.25, 0.3) is 0 Å². The molecule has 0 saturated heterocycles. The highest BCUT2D eigenvalue weighted by molar-refractivity contribution is 7.92. The molecule has 29 heavy (non-hydrogen) atoms. The molecule has 7 nitrogen and oxygen atoms in total. The van der Waals surface area contributed by atoms with Crippen molar-refractivity contribution in [2.75, 3.05) is 6.61 Å². The van der Waals surface area contributed by atoms with E-state index in [0.717, 1.165) is 15.7 Å². The second-order valence-corrected chi connectivity index (χ2v) is 6.86. The number of rotatable bonds is 5. The quantitative estimate of drug-likeness (QED) is 0.155. The SMILES string of the molecule is CCOC(=O)c1c(=O)c2cc(F)c(F)c(OSN(O)C(F)(F)F)c2n2ccsc12. The number of aromatic nitrogens is 1. The third-order valence-corrected chi connectivity index (χ3v) is 5.04. The summed E-state index contributed by atoms with van der Waals surface area (Å²) in [5, 5.41) is 9.76. The highest BCUT2D eigenvalue weighted by atomic mass is 32.2. The molecular weight excluding hydrogens is 447 g/mol. The summed E-state index contributed by atoms with van der Waals surface area (Å²) in [5.41, 5.74) is -1.90. The molecule has 1 aromatic carbocycles. The Morgan fingerprint density at radius 2 is 2.07 bits per heavy atom. The molecule has 0 unspecified atom stereocenters. The molecule has 0 aliphatic carbocycles. The molecule has 0 spiro atoms. The normalized spacial score (nSPS) is 12.1. The summed E-state index contributed by atoms with van der Waals surface area (Å²) in [5.74, 6) is -5.37. The van der Waals surface area contributed by atoms with Gasteiger partial charge in [0.05, 0.1) is 12.0 Å². The van der Waals surface area contributed by atoms with Gasteiger partial charge in [0.1, 0.15) is 15.9 Å². The summed E-state index contributed by atoms with van der Waals surface area (Å²) in [6, 6.07) is 0.498. The van der Waals surface area contributed by atoms with Gasteiger partial charge in [-0.15, -0.1) is 11.3 Å². The van der Waals surface area contributed by atoms with Crippen molar-refractivity contribution >= 4 is 45.3 Å². The van der Waals surface area contributed by atoms with Crippen LogP contribution in [0.4, 0.5) is 22.0 Å². The molecule has 0 saturated carbocycles. The number of esters is 1. The maximum Gasteiger partial charge on any atom is 0.495 e. The van der Waals surface area contributed by atoms with Crippen LogP contribution < -0.4 is 9.61 Å². The van der Waals surface area contributed by atoms with Crippen LogP contribution in [-0.4, -0.2) is 33.0 Å². The van der Waals surface area contributed by atoms with Gasteiger partial charge >= 0.3 is 12.3 Å². The Hall–Kier alpha value is -2.42. The Bertz CT molecular complexity index is 1160. The largest absolute Gasteiger partial charge is 0.495 e. The standard InChI is InChI=1S/C15H9F5N2O5S2/c1-2-26-14(24)8-11(23)6-5-7(16)9(17)12(27-29-22(25)15(18,19)20)10(6)21-3-4-28-13(8)21/h3-5,25H,2H2,1H3. The van der Waals surface area contributed by atoms with Gasteiger partial charge in [-0.1, -0.05) is 0 Å². The second-order valence-electron chi connectivity index (χ2n) is 5.30. The Balaban J connectivity index is 2.29. The first kappa shape index (κ1) is 21.3. The second kappa shape index (κ2) is 7.78. The van der Waals surface area contributed by atoms with Gasteiger partial charge in [-0.3, -0.25) is 10.0 Å². The highest BCUT2D eigenvalue weighted by Gasteiger charge is 2.39. The molecular formula is C15H9F5N2O5S2. The molecule has 2 aromatic heterocycles. The van der Waals surface area contributed by atoms with Gasteiger partial charge < -0.3 is 13.3 Å². The van der Waals surface area contributed by atoms with E-state index < -0.39 is 68.2 Å². The zero-order chi connectivity index (χ0) is 21.5. The fraction of sp³-hybridized carbons (Fsp3) is 0.200. The molecule has 0 aliphatic rings. The first-order valence-electron chi connectivity index (χ1n) is 7.59. The van der Waals surface area contributed by atoms with Crippen molar-refractivity contribution in [3.63, 3.8) is 0 Å². The monoisotopic (exact) mass is 456 g/mol. The van der Waals surface area contributed by atoms with Crippen molar-refractivity contribution in [1.29, 1.82) is 0 Å². The molecule has 0 atom stereocenters. The van der Waals surface area contributed by atoms with Crippen LogP contribution in [-0.2, 0) is 4.74 Å². The number of nitrogens with zero attached hydrogens (tertiary/aromatic N) is 2. The topological polar surface area (TPSA) is 80.5 Å². The van der Waals surface area contributed by atoms with E-state index in [1.807, 2.05) is 0 Å². The minimum Gasteiger partial charge on any atom is -0.462 e. The number of ether oxygens (including phenoxy) is 1. The van der Waals surface area contributed by atoms with E-state index in [2.05, 4.69) is 4.18 Å². The maximum atomic E-state index is 14.3. The molecule has 0 fully saturated rings. The van der Waals surface area contributed by atoms with Crippen LogP contribution in [0.3, 0.4) is 0 Å². The number of alkyl halides is 3. The summed E-state index contributed by atoms with van der Waals surface area (Å²) >= 11 is 0.152. The lowest BCUT2D eigenvalue weighted by Crippen LogP contribution is -2.29. The van der Waals surface area contributed by atoms with Gasteiger partial charge in [0, 0.05) is 16.0 Å². The minimum atomic E-state index is -5.25. The molecule has 14 heteroatoms. The van der Waals surface area contributed by atoms with E-state index in [-0.39, 0.29) is 11.4 Å². The molecule has 1 N–H and O–H groups in total. The third-order valence-electron chi connectivity index (χ3n) is 3.57. The van der Waals surface area contributed by atoms with Crippen molar-refractivity contribution in [3.05, 3.63) is 45.1 Å². The lowest BCUT2D eigenvalue weighted by molar-refractivity contribution is -0.299. The summed E-state index contributed by atoms with van der Waals surface area (Å²) in [6.45, 7) is 1.45. The van der Waals surface area contributed by atoms with Crippen LogP contribution in [0.15, 0.2) is 22.4 Å². The van der Waals surface area contributed by atoms with E-state index >= 15 is 0 Å². The van der Waals surface area contributed by atoms with Crippen LogP contribution in [0.25, 0.3) is 15.7 Å². The maximum absolute atomic E-state index is 14.3. The number of benzene rings is 1. The number of halogens is 5. The van der Waals surface area contributed by atoms with E-state index in [0.29, 0.717) is 6.07 Å². The molecule has 0 bridgehead atoms. The van der Waals surface area contributed by atoms with Crippen molar-refractivity contribution < 1.29 is 40.9 Å². The van der Waals surface area contributed by atoms with Crippen LogP contribution >= 0.6 is 23.6 Å². The average Bonchev–Trinajstić information content (AvgIpc) is 3.10. The van der Waals surface area contributed by atoms with E-state index in [9.17, 15) is 31.5 Å². The zero-order valence-corrected chi connectivity index (χ0v) is 15.8. The predicted octanol–water partition coefficient (Wildman–Crippen LogP) is 4.12. The Morgan fingerprint density at radius 3 is 2.69 bits per heavy atom. The third kappa shape index (κ3) is 3.75. The van der Waals surface area contributed by atoms with Crippen LogP contribution in [0, 0.1) is 11.6 Å². The summed E-state index contributed by atoms with van der Waals surface area (Å²) in [7, 11) is 0. The van der Waals surface area contributed by atoms with Crippen molar-refractivity contribution in [1.82, 2.24) is 8.87 Å². The van der Waals surface area contributed by atoms with E-state index in [1.54, 1.807) is 0 Å². The first-order chi connectivity index (χ1) is 13.6. The molecule has 2 heterocycles. The minimum absolute atomic E-state index is 0.0153. The van der Waals surface area contributed by atoms with E-state index in [1.165, 1.54) is 18.5 Å². The smallest absolute Gasteiger partial charge is 0.462 e. The molecule has 0 aliphatic heterocycles. The Kier molecular flexibility index (Phi) is 5.71. The summed E-state index contributed by atoms with van der Waals surface area (Å²) < 4.78 is 74.9. The van der Waals surface area contributed by atoms with Gasteiger partial charge in [0.15, 0.2) is 18.0 Å². The fourth-order valence-corrected chi connectivity index (χ4v) is 3.70. The Morgan fingerprint density at radius 1 is 1.38 bits per heavy atom.